The van der Waals surface area contributed by atoms with Crippen molar-refractivity contribution in [2.45, 2.75) is 12.8 Å². The molecule has 1 aromatic carbocycles. The second-order valence-electron chi connectivity index (χ2n) is 6.50. The van der Waals surface area contributed by atoms with Gasteiger partial charge in [-0.25, -0.2) is 9.97 Å². The van der Waals surface area contributed by atoms with E-state index in [1.165, 1.54) is 0 Å². The lowest BCUT2D eigenvalue weighted by Gasteiger charge is -2.17. The highest BCUT2D eigenvalue weighted by atomic mass is 16.2. The molecule has 1 unspecified atom stereocenters. The van der Waals surface area contributed by atoms with Crippen LogP contribution in [0.3, 0.4) is 0 Å². The van der Waals surface area contributed by atoms with Gasteiger partial charge in [0.1, 0.15) is 17.8 Å². The lowest BCUT2D eigenvalue weighted by molar-refractivity contribution is -0.129. The number of hydrogen-bond donors (Lipinski definition) is 2. The molecule has 1 aliphatic rings. The summed E-state index contributed by atoms with van der Waals surface area (Å²) in [6.07, 6.45) is 4.93. The predicted octanol–water partition coefficient (Wildman–Crippen LogP) is 2.46. The van der Waals surface area contributed by atoms with Crippen LogP contribution < -0.4 is 5.32 Å². The topological polar surface area (TPSA) is 73.9 Å². The first kappa shape index (κ1) is 15.6. The van der Waals surface area contributed by atoms with Crippen molar-refractivity contribution in [3.63, 3.8) is 0 Å². The summed E-state index contributed by atoms with van der Waals surface area (Å²) in [6, 6.07) is 11.9. The van der Waals surface area contributed by atoms with E-state index in [9.17, 15) is 4.79 Å². The minimum Gasteiger partial charge on any atom is -0.369 e. The zero-order chi connectivity index (χ0) is 17.1. The molecule has 0 spiro atoms. The van der Waals surface area contributed by atoms with Gasteiger partial charge >= 0.3 is 0 Å². The third kappa shape index (κ3) is 3.47. The molecule has 0 radical (unpaired) electrons. The largest absolute Gasteiger partial charge is 0.369 e. The Bertz CT molecular complexity index is 860. The number of nitrogens with zero attached hydrogens (tertiary/aromatic N) is 3. The quantitative estimate of drug-likeness (QED) is 0.751. The average Bonchev–Trinajstić information content (AvgIpc) is 3.30. The van der Waals surface area contributed by atoms with E-state index in [0.29, 0.717) is 12.3 Å². The first-order chi connectivity index (χ1) is 12.3. The molecule has 1 amide bonds. The SMILES string of the molecule is O=C(Cc1ccccc1)N1CCC(CNc2ncnc3[nH]ccc23)C1. The first-order valence-electron chi connectivity index (χ1n) is 8.63. The monoisotopic (exact) mass is 335 g/mol. The molecular formula is C19H21N5O. The maximum absolute atomic E-state index is 12.5. The van der Waals surface area contributed by atoms with Crippen LogP contribution >= 0.6 is 0 Å². The van der Waals surface area contributed by atoms with E-state index in [1.807, 2.05) is 47.5 Å². The fraction of sp³-hybridized carbons (Fsp3) is 0.316. The fourth-order valence-electron chi connectivity index (χ4n) is 3.36. The van der Waals surface area contributed by atoms with E-state index in [2.05, 4.69) is 20.3 Å². The molecular weight excluding hydrogens is 314 g/mol. The van der Waals surface area contributed by atoms with Gasteiger partial charge in [0.05, 0.1) is 11.8 Å². The number of aromatic amines is 1. The molecule has 4 rings (SSSR count). The van der Waals surface area contributed by atoms with Gasteiger partial charge in [-0.2, -0.15) is 0 Å². The summed E-state index contributed by atoms with van der Waals surface area (Å²) in [5.41, 5.74) is 1.91. The summed E-state index contributed by atoms with van der Waals surface area (Å²) in [5, 5.41) is 4.41. The molecule has 3 aromatic rings. The number of H-pyrrole nitrogens is 1. The minimum absolute atomic E-state index is 0.212. The van der Waals surface area contributed by atoms with Gasteiger partial charge in [-0.05, 0) is 24.0 Å². The van der Waals surface area contributed by atoms with Crippen LogP contribution in [0, 0.1) is 5.92 Å². The maximum atomic E-state index is 12.5. The fourth-order valence-corrected chi connectivity index (χ4v) is 3.36. The molecule has 0 aliphatic carbocycles. The summed E-state index contributed by atoms with van der Waals surface area (Å²) in [5.74, 6) is 1.51. The Labute approximate surface area is 146 Å². The molecule has 1 aliphatic heterocycles. The average molecular weight is 335 g/mol. The number of carbonyl (C=O) groups is 1. The smallest absolute Gasteiger partial charge is 0.226 e. The summed E-state index contributed by atoms with van der Waals surface area (Å²) in [4.78, 5) is 26.0. The van der Waals surface area contributed by atoms with E-state index in [-0.39, 0.29) is 5.91 Å². The van der Waals surface area contributed by atoms with Gasteiger partial charge in [0.25, 0.3) is 0 Å². The van der Waals surface area contributed by atoms with Crippen LogP contribution in [-0.4, -0.2) is 45.4 Å². The summed E-state index contributed by atoms with van der Waals surface area (Å²) in [7, 11) is 0. The van der Waals surface area contributed by atoms with Gasteiger partial charge in [0.2, 0.25) is 5.91 Å². The van der Waals surface area contributed by atoms with Crippen LogP contribution in [0.25, 0.3) is 11.0 Å². The van der Waals surface area contributed by atoms with E-state index in [1.54, 1.807) is 6.33 Å². The van der Waals surface area contributed by atoms with Gasteiger partial charge in [-0.1, -0.05) is 30.3 Å². The van der Waals surface area contributed by atoms with E-state index in [0.717, 1.165) is 48.5 Å². The molecule has 3 heterocycles. The standard InChI is InChI=1S/C19H21N5O/c25-17(10-14-4-2-1-3-5-14)24-9-7-15(12-24)11-21-19-16-6-8-20-18(16)22-13-23-19/h1-6,8,13,15H,7,9-12H2,(H2,20,21,22,23). The first-order valence-corrected chi connectivity index (χ1v) is 8.63. The third-order valence-electron chi connectivity index (χ3n) is 4.75. The van der Waals surface area contributed by atoms with E-state index in [4.69, 9.17) is 0 Å². The number of hydrogen-bond acceptors (Lipinski definition) is 4. The molecule has 0 saturated carbocycles. The van der Waals surface area contributed by atoms with Crippen molar-refractivity contribution < 1.29 is 4.79 Å². The highest BCUT2D eigenvalue weighted by molar-refractivity contribution is 5.86. The maximum Gasteiger partial charge on any atom is 0.226 e. The summed E-state index contributed by atoms with van der Waals surface area (Å²) >= 11 is 0. The zero-order valence-corrected chi connectivity index (χ0v) is 14.0. The molecule has 2 aromatic heterocycles. The molecule has 128 valence electrons. The Morgan fingerprint density at radius 2 is 2.12 bits per heavy atom. The molecule has 6 heteroatoms. The van der Waals surface area contributed by atoms with Crippen molar-refractivity contribution in [1.29, 1.82) is 0 Å². The van der Waals surface area contributed by atoms with Gasteiger partial charge in [0, 0.05) is 25.8 Å². The summed E-state index contributed by atoms with van der Waals surface area (Å²) in [6.45, 7) is 2.45. The van der Waals surface area contributed by atoms with Crippen molar-refractivity contribution >= 4 is 22.8 Å². The highest BCUT2D eigenvalue weighted by Gasteiger charge is 2.26. The molecule has 6 nitrogen and oxygen atoms in total. The number of fused-ring (bicyclic) bond motifs is 1. The Morgan fingerprint density at radius 1 is 1.24 bits per heavy atom. The normalized spacial score (nSPS) is 17.1. The van der Waals surface area contributed by atoms with Crippen molar-refractivity contribution in [1.82, 2.24) is 19.9 Å². The van der Waals surface area contributed by atoms with Crippen molar-refractivity contribution in [3.05, 3.63) is 54.5 Å². The van der Waals surface area contributed by atoms with Crippen molar-refractivity contribution in [2.24, 2.45) is 5.92 Å². The van der Waals surface area contributed by atoms with Crippen LogP contribution in [0.15, 0.2) is 48.9 Å². The van der Waals surface area contributed by atoms with Crippen LogP contribution in [0.5, 0.6) is 0 Å². The van der Waals surface area contributed by atoms with Crippen LogP contribution in [0.1, 0.15) is 12.0 Å². The Morgan fingerprint density at radius 3 is 3.00 bits per heavy atom. The number of aromatic nitrogens is 3. The second kappa shape index (κ2) is 6.93. The Balaban J connectivity index is 1.32. The number of rotatable bonds is 5. The molecule has 1 atom stereocenters. The molecule has 25 heavy (non-hydrogen) atoms. The molecule has 2 N–H and O–H groups in total. The van der Waals surface area contributed by atoms with Crippen LogP contribution in [-0.2, 0) is 11.2 Å². The van der Waals surface area contributed by atoms with Gasteiger partial charge in [-0.3, -0.25) is 4.79 Å². The van der Waals surface area contributed by atoms with Crippen molar-refractivity contribution in [2.75, 3.05) is 25.0 Å². The van der Waals surface area contributed by atoms with Gasteiger partial charge in [0.15, 0.2) is 0 Å². The lowest BCUT2D eigenvalue weighted by atomic mass is 10.1. The van der Waals surface area contributed by atoms with E-state index < -0.39 is 0 Å². The van der Waals surface area contributed by atoms with E-state index >= 15 is 0 Å². The predicted molar refractivity (Wildman–Crippen MR) is 97.2 cm³/mol. The Hall–Kier alpha value is -2.89. The number of amides is 1. The van der Waals surface area contributed by atoms with Crippen molar-refractivity contribution in [3.8, 4) is 0 Å². The van der Waals surface area contributed by atoms with Gasteiger partial charge in [-0.15, -0.1) is 0 Å². The number of likely N-dealkylation sites (tertiary alicyclic amines) is 1. The number of nitrogens with one attached hydrogen (secondary N) is 2. The number of carbonyl (C=O) groups excluding carboxylic acids is 1. The zero-order valence-electron chi connectivity index (χ0n) is 14.0. The molecule has 0 bridgehead atoms. The Kier molecular flexibility index (Phi) is 4.33. The second-order valence-corrected chi connectivity index (χ2v) is 6.50. The minimum atomic E-state index is 0.212. The summed E-state index contributed by atoms with van der Waals surface area (Å²) < 4.78 is 0. The van der Waals surface area contributed by atoms with Crippen LogP contribution in [0.4, 0.5) is 5.82 Å². The van der Waals surface area contributed by atoms with Crippen LogP contribution in [0.2, 0.25) is 0 Å². The lowest BCUT2D eigenvalue weighted by Crippen LogP contribution is -2.31. The molecule has 1 fully saturated rings. The highest BCUT2D eigenvalue weighted by Crippen LogP contribution is 2.21. The third-order valence-corrected chi connectivity index (χ3v) is 4.75. The number of benzene rings is 1. The molecule has 1 saturated heterocycles. The number of anilines is 1. The van der Waals surface area contributed by atoms with Gasteiger partial charge < -0.3 is 15.2 Å².